The highest BCUT2D eigenvalue weighted by atomic mass is 16.6. The van der Waals surface area contributed by atoms with Gasteiger partial charge in [0, 0.05) is 24.0 Å². The summed E-state index contributed by atoms with van der Waals surface area (Å²) in [4.78, 5) is 40.0. The van der Waals surface area contributed by atoms with Gasteiger partial charge in [0.15, 0.2) is 0 Å². The van der Waals surface area contributed by atoms with Crippen LogP contribution in [0.5, 0.6) is 0 Å². The summed E-state index contributed by atoms with van der Waals surface area (Å²) in [6.07, 6.45) is 7.31. The Morgan fingerprint density at radius 3 is 2.56 bits per heavy atom. The third kappa shape index (κ3) is 2.83. The van der Waals surface area contributed by atoms with Gasteiger partial charge in [-0.15, -0.1) is 0 Å². The summed E-state index contributed by atoms with van der Waals surface area (Å²) in [5.74, 6) is -0.570. The molecule has 1 saturated carbocycles. The minimum absolute atomic E-state index is 0.0991. The van der Waals surface area contributed by atoms with E-state index in [1.165, 1.54) is 30.6 Å². The van der Waals surface area contributed by atoms with Crippen LogP contribution < -0.4 is 10.6 Å². The quantitative estimate of drug-likeness (QED) is 0.638. The second-order valence-electron chi connectivity index (χ2n) is 6.96. The van der Waals surface area contributed by atoms with E-state index in [1.54, 1.807) is 6.07 Å². The summed E-state index contributed by atoms with van der Waals surface area (Å²) in [5, 5.41) is 16.9. The fourth-order valence-electron chi connectivity index (χ4n) is 4.05. The van der Waals surface area contributed by atoms with Gasteiger partial charge in [-0.2, -0.15) is 0 Å². The van der Waals surface area contributed by atoms with E-state index in [4.69, 9.17) is 0 Å². The fourth-order valence-corrected chi connectivity index (χ4v) is 4.05. The van der Waals surface area contributed by atoms with E-state index in [2.05, 4.69) is 15.6 Å². The third-order valence-electron chi connectivity index (χ3n) is 5.43. The third-order valence-corrected chi connectivity index (χ3v) is 5.43. The monoisotopic (exact) mass is 366 g/mol. The van der Waals surface area contributed by atoms with Crippen molar-refractivity contribution in [1.29, 1.82) is 0 Å². The highest BCUT2D eigenvalue weighted by Crippen LogP contribution is 2.50. The van der Waals surface area contributed by atoms with E-state index in [1.807, 2.05) is 0 Å². The number of fused-ring (bicyclic) bond motifs is 2. The molecule has 1 aliphatic heterocycles. The predicted octanol–water partition coefficient (Wildman–Crippen LogP) is 3.40. The number of rotatable bonds is 3. The zero-order valence-corrected chi connectivity index (χ0v) is 14.5. The van der Waals surface area contributed by atoms with E-state index in [0.717, 1.165) is 24.8 Å². The van der Waals surface area contributed by atoms with Crippen LogP contribution in [0, 0.1) is 10.1 Å². The van der Waals surface area contributed by atoms with Crippen molar-refractivity contribution in [3.8, 4) is 0 Å². The number of benzene rings is 1. The molecule has 0 bridgehead atoms. The van der Waals surface area contributed by atoms with Gasteiger partial charge in [-0.25, -0.2) is 0 Å². The fraction of sp³-hybridized carbons (Fsp3) is 0.316. The average molecular weight is 366 g/mol. The number of hydrogen-bond donors (Lipinski definition) is 2. The van der Waals surface area contributed by atoms with Crippen LogP contribution in [0.4, 0.5) is 17.1 Å². The molecule has 2 aliphatic rings. The number of hydrogen-bond acceptors (Lipinski definition) is 5. The maximum Gasteiger partial charge on any atom is 0.294 e. The normalized spacial score (nSPS) is 17.3. The Morgan fingerprint density at radius 1 is 1.19 bits per heavy atom. The van der Waals surface area contributed by atoms with E-state index in [9.17, 15) is 19.7 Å². The average Bonchev–Trinajstić information content (AvgIpc) is 2.93. The standard InChI is InChI=1S/C19H18N4O4/c24-17(12-4-8-20-9-5-12)21-15-10-13-14(11-16(15)23(26)27)22-18(25)19(13)6-2-1-3-7-19/h4-5,8-11H,1-3,6-7H2,(H,21,24)(H,22,25). The number of aromatic nitrogens is 1. The molecule has 2 N–H and O–H groups in total. The van der Waals surface area contributed by atoms with Crippen molar-refractivity contribution in [3.63, 3.8) is 0 Å². The van der Waals surface area contributed by atoms with Crippen LogP contribution >= 0.6 is 0 Å². The van der Waals surface area contributed by atoms with Gasteiger partial charge in [-0.05, 0) is 36.6 Å². The van der Waals surface area contributed by atoms with Crippen molar-refractivity contribution in [3.05, 3.63) is 57.9 Å². The molecule has 0 unspecified atom stereocenters. The molecule has 1 aliphatic carbocycles. The first kappa shape index (κ1) is 17.1. The molecule has 2 aromatic rings. The Morgan fingerprint density at radius 2 is 1.89 bits per heavy atom. The lowest BCUT2D eigenvalue weighted by atomic mass is 9.70. The lowest BCUT2D eigenvalue weighted by Crippen LogP contribution is -2.36. The number of amides is 2. The second-order valence-corrected chi connectivity index (χ2v) is 6.96. The highest BCUT2D eigenvalue weighted by molar-refractivity contribution is 6.09. The minimum atomic E-state index is -0.654. The van der Waals surface area contributed by atoms with Gasteiger partial charge in [-0.1, -0.05) is 19.3 Å². The first-order valence-electron chi connectivity index (χ1n) is 8.87. The Balaban J connectivity index is 1.77. The van der Waals surface area contributed by atoms with Crippen molar-refractivity contribution >= 4 is 28.9 Å². The number of nitrogens with zero attached hydrogens (tertiary/aromatic N) is 2. The molecular formula is C19H18N4O4. The largest absolute Gasteiger partial charge is 0.325 e. The van der Waals surface area contributed by atoms with Crippen molar-refractivity contribution in [1.82, 2.24) is 4.98 Å². The van der Waals surface area contributed by atoms with Crippen LogP contribution in [0.1, 0.15) is 48.0 Å². The highest BCUT2D eigenvalue weighted by Gasteiger charge is 2.48. The molecule has 2 amide bonds. The van der Waals surface area contributed by atoms with Gasteiger partial charge in [0.25, 0.3) is 11.6 Å². The number of nitro benzene ring substituents is 1. The van der Waals surface area contributed by atoms with E-state index >= 15 is 0 Å². The van der Waals surface area contributed by atoms with Crippen LogP contribution in [-0.4, -0.2) is 21.7 Å². The van der Waals surface area contributed by atoms with Crippen LogP contribution in [0.3, 0.4) is 0 Å². The van der Waals surface area contributed by atoms with Crippen LogP contribution in [-0.2, 0) is 10.2 Å². The second kappa shape index (κ2) is 6.46. The molecule has 8 nitrogen and oxygen atoms in total. The number of nitro groups is 1. The topological polar surface area (TPSA) is 114 Å². The van der Waals surface area contributed by atoms with E-state index in [-0.39, 0.29) is 17.3 Å². The molecular weight excluding hydrogens is 348 g/mol. The summed E-state index contributed by atoms with van der Waals surface area (Å²) in [7, 11) is 0. The summed E-state index contributed by atoms with van der Waals surface area (Å²) in [6, 6.07) is 6.00. The van der Waals surface area contributed by atoms with Gasteiger partial charge < -0.3 is 10.6 Å². The number of anilines is 2. The maximum atomic E-state index is 12.7. The number of nitrogens with one attached hydrogen (secondary N) is 2. The molecule has 1 aromatic carbocycles. The van der Waals surface area contributed by atoms with Crippen molar-refractivity contribution in [2.24, 2.45) is 0 Å². The Hall–Kier alpha value is -3.29. The van der Waals surface area contributed by atoms with Gasteiger partial charge in [0.1, 0.15) is 5.69 Å². The smallest absolute Gasteiger partial charge is 0.294 e. The molecule has 138 valence electrons. The van der Waals surface area contributed by atoms with E-state index < -0.39 is 16.2 Å². The molecule has 8 heteroatoms. The zero-order chi connectivity index (χ0) is 19.0. The summed E-state index contributed by atoms with van der Waals surface area (Å²) in [6.45, 7) is 0. The maximum absolute atomic E-state index is 12.7. The number of pyridine rings is 1. The van der Waals surface area contributed by atoms with Crippen LogP contribution in [0.15, 0.2) is 36.7 Å². The molecule has 0 atom stereocenters. The van der Waals surface area contributed by atoms with Crippen molar-refractivity contribution in [2.45, 2.75) is 37.5 Å². The first-order chi connectivity index (χ1) is 13.0. The molecule has 1 spiro atoms. The molecule has 4 rings (SSSR count). The minimum Gasteiger partial charge on any atom is -0.325 e. The van der Waals surface area contributed by atoms with Gasteiger partial charge in [0.2, 0.25) is 5.91 Å². The molecule has 1 aromatic heterocycles. The van der Waals surface area contributed by atoms with Gasteiger partial charge in [0.05, 0.1) is 16.0 Å². The number of carbonyl (C=O) groups excluding carboxylic acids is 2. The lowest BCUT2D eigenvalue weighted by Gasteiger charge is -2.31. The van der Waals surface area contributed by atoms with Crippen LogP contribution in [0.2, 0.25) is 0 Å². The SMILES string of the molecule is O=C(Nc1cc2c(cc1[N+](=O)[O-])NC(=O)C21CCCCC1)c1ccncc1. The summed E-state index contributed by atoms with van der Waals surface area (Å²) < 4.78 is 0. The molecule has 0 radical (unpaired) electrons. The first-order valence-corrected chi connectivity index (χ1v) is 8.87. The predicted molar refractivity (Wildman–Crippen MR) is 98.7 cm³/mol. The molecule has 27 heavy (non-hydrogen) atoms. The molecule has 1 fully saturated rings. The lowest BCUT2D eigenvalue weighted by molar-refractivity contribution is -0.383. The Bertz CT molecular complexity index is 936. The summed E-state index contributed by atoms with van der Waals surface area (Å²) in [5.41, 5.74) is 0.754. The van der Waals surface area contributed by atoms with Crippen LogP contribution in [0.25, 0.3) is 0 Å². The van der Waals surface area contributed by atoms with Gasteiger partial charge >= 0.3 is 0 Å². The van der Waals surface area contributed by atoms with Gasteiger partial charge in [-0.3, -0.25) is 24.7 Å². The van der Waals surface area contributed by atoms with Crippen molar-refractivity contribution in [2.75, 3.05) is 10.6 Å². The molecule has 0 saturated heterocycles. The zero-order valence-electron chi connectivity index (χ0n) is 14.5. The Labute approximate surface area is 155 Å². The van der Waals surface area contributed by atoms with Crippen molar-refractivity contribution < 1.29 is 14.5 Å². The Kier molecular flexibility index (Phi) is 4.10. The molecule has 2 heterocycles. The number of carbonyl (C=O) groups is 2. The summed E-state index contributed by atoms with van der Waals surface area (Å²) >= 11 is 0. The van der Waals surface area contributed by atoms with E-state index in [0.29, 0.717) is 24.1 Å².